The molecule has 0 bridgehead atoms. The van der Waals surface area contributed by atoms with Gasteiger partial charge in [-0.25, -0.2) is 17.8 Å². The summed E-state index contributed by atoms with van der Waals surface area (Å²) in [5.41, 5.74) is 0.0996. The van der Waals surface area contributed by atoms with Crippen LogP contribution in [0.3, 0.4) is 0 Å². The van der Waals surface area contributed by atoms with Crippen LogP contribution in [0, 0.1) is 18.2 Å². The van der Waals surface area contributed by atoms with Gasteiger partial charge in [-0.2, -0.15) is 0 Å². The smallest absolute Gasteiger partial charge is 0.316 e. The lowest BCUT2D eigenvalue weighted by Crippen LogP contribution is -2.36. The standard InChI is InChI=1S/C25H28ClFN2O5S/c1-13-9-10-16(18(26)20(13)29(8)14(2)30)22-21(34-23(31)24(3,4)5)19-17(11-15(27)12-28-19)25(6,7)35(22,32)33/h9-12H,1-8H3. The third-order valence-corrected chi connectivity index (χ3v) is 8.93. The van der Waals surface area contributed by atoms with Gasteiger partial charge < -0.3 is 9.64 Å². The number of sulfone groups is 1. The molecule has 0 spiro atoms. The lowest BCUT2D eigenvalue weighted by atomic mass is 9.95. The van der Waals surface area contributed by atoms with E-state index < -0.39 is 31.8 Å². The van der Waals surface area contributed by atoms with Crippen LogP contribution in [0.2, 0.25) is 5.02 Å². The van der Waals surface area contributed by atoms with E-state index in [9.17, 15) is 22.4 Å². The van der Waals surface area contributed by atoms with Crippen molar-refractivity contribution in [1.82, 2.24) is 4.98 Å². The molecular formula is C25H28ClFN2O5S. The monoisotopic (exact) mass is 522 g/mol. The summed E-state index contributed by atoms with van der Waals surface area (Å²) in [4.78, 5) is 30.1. The minimum Gasteiger partial charge on any atom is -0.422 e. The van der Waals surface area contributed by atoms with Crippen molar-refractivity contribution in [3.05, 3.63) is 57.6 Å². The number of carbonyl (C=O) groups is 2. The molecule has 2 heterocycles. The van der Waals surface area contributed by atoms with Crippen LogP contribution in [-0.2, 0) is 28.9 Å². The number of hydrogen-bond donors (Lipinski definition) is 0. The highest BCUT2D eigenvalue weighted by molar-refractivity contribution is 8.01. The molecule has 188 valence electrons. The maximum atomic E-state index is 14.2. The zero-order chi connectivity index (χ0) is 26.7. The molecule has 1 aliphatic rings. The number of amides is 1. The number of aromatic nitrogens is 1. The number of carbonyl (C=O) groups excluding carboxylic acids is 2. The quantitative estimate of drug-likeness (QED) is 0.511. The number of benzene rings is 1. The van der Waals surface area contributed by atoms with Crippen molar-refractivity contribution in [1.29, 1.82) is 0 Å². The van der Waals surface area contributed by atoms with Gasteiger partial charge >= 0.3 is 5.97 Å². The Hall–Kier alpha value is -2.78. The summed E-state index contributed by atoms with van der Waals surface area (Å²) >= 11 is 6.74. The number of fused-ring (bicyclic) bond motifs is 1. The Kier molecular flexibility index (Phi) is 6.67. The summed E-state index contributed by atoms with van der Waals surface area (Å²) in [5.74, 6) is -2.08. The Balaban J connectivity index is 2.51. The van der Waals surface area contributed by atoms with E-state index in [-0.39, 0.29) is 38.4 Å². The first-order valence-corrected chi connectivity index (χ1v) is 12.7. The number of halogens is 2. The van der Waals surface area contributed by atoms with Crippen molar-refractivity contribution in [2.45, 2.75) is 53.2 Å². The average molecular weight is 523 g/mol. The Morgan fingerprint density at radius 2 is 1.80 bits per heavy atom. The zero-order valence-electron chi connectivity index (χ0n) is 20.9. The highest BCUT2D eigenvalue weighted by Gasteiger charge is 2.50. The normalized spacial score (nSPS) is 16.5. The fourth-order valence-electron chi connectivity index (χ4n) is 3.72. The zero-order valence-corrected chi connectivity index (χ0v) is 22.5. The topological polar surface area (TPSA) is 93.6 Å². The first-order valence-electron chi connectivity index (χ1n) is 10.8. The molecule has 10 heteroatoms. The molecule has 0 saturated heterocycles. The van der Waals surface area contributed by atoms with Crippen LogP contribution in [-0.4, -0.2) is 32.3 Å². The van der Waals surface area contributed by atoms with Crippen LogP contribution in [0.5, 0.6) is 0 Å². The molecular weight excluding hydrogens is 495 g/mol. The molecule has 1 aliphatic heterocycles. The van der Waals surface area contributed by atoms with Gasteiger partial charge in [0.15, 0.2) is 15.6 Å². The molecule has 0 fully saturated rings. The van der Waals surface area contributed by atoms with Gasteiger partial charge in [0.25, 0.3) is 0 Å². The van der Waals surface area contributed by atoms with Crippen molar-refractivity contribution in [2.24, 2.45) is 5.41 Å². The number of hydrogen-bond acceptors (Lipinski definition) is 6. The van der Waals surface area contributed by atoms with Crippen molar-refractivity contribution in [3.63, 3.8) is 0 Å². The Bertz CT molecular complexity index is 1390. The number of rotatable bonds is 3. The molecule has 0 radical (unpaired) electrons. The van der Waals surface area contributed by atoms with Gasteiger partial charge in [-0.1, -0.05) is 23.7 Å². The summed E-state index contributed by atoms with van der Waals surface area (Å²) in [6.45, 7) is 10.8. The Morgan fingerprint density at radius 1 is 1.20 bits per heavy atom. The molecule has 1 amide bonds. The highest BCUT2D eigenvalue weighted by atomic mass is 35.5. The lowest BCUT2D eigenvalue weighted by Gasteiger charge is -2.35. The second-order valence-electron chi connectivity index (χ2n) is 10.0. The van der Waals surface area contributed by atoms with Crippen molar-refractivity contribution >= 4 is 49.7 Å². The number of anilines is 1. The van der Waals surface area contributed by atoms with Gasteiger partial charge in [-0.15, -0.1) is 0 Å². The van der Waals surface area contributed by atoms with E-state index in [0.717, 1.165) is 12.3 Å². The van der Waals surface area contributed by atoms with Crippen LogP contribution in [0.1, 0.15) is 63.9 Å². The molecule has 2 aromatic rings. The third-order valence-electron chi connectivity index (χ3n) is 6.04. The van der Waals surface area contributed by atoms with Gasteiger partial charge in [0, 0.05) is 25.1 Å². The van der Waals surface area contributed by atoms with Crippen molar-refractivity contribution in [2.75, 3.05) is 11.9 Å². The SMILES string of the molecule is CC(=O)N(C)c1c(C)ccc(C2=C(OC(=O)C(C)(C)C)c3ncc(F)cc3C(C)(C)S2(=O)=O)c1Cl. The molecule has 1 aromatic carbocycles. The molecule has 0 N–H and O–H groups in total. The van der Waals surface area contributed by atoms with E-state index in [4.69, 9.17) is 16.3 Å². The van der Waals surface area contributed by atoms with E-state index in [1.807, 2.05) is 0 Å². The molecule has 1 aromatic heterocycles. The molecule has 0 saturated carbocycles. The first kappa shape index (κ1) is 26.8. The predicted octanol–water partition coefficient (Wildman–Crippen LogP) is 5.24. The summed E-state index contributed by atoms with van der Waals surface area (Å²) in [5, 5.41) is -0.00746. The van der Waals surface area contributed by atoms with E-state index in [0.29, 0.717) is 11.3 Å². The minimum atomic E-state index is -4.32. The van der Waals surface area contributed by atoms with Crippen LogP contribution >= 0.6 is 11.6 Å². The van der Waals surface area contributed by atoms with Gasteiger partial charge in [0.2, 0.25) is 5.91 Å². The maximum Gasteiger partial charge on any atom is 0.316 e. The molecule has 3 rings (SSSR count). The van der Waals surface area contributed by atoms with E-state index in [1.165, 1.54) is 38.8 Å². The predicted molar refractivity (Wildman–Crippen MR) is 134 cm³/mol. The number of aryl methyl sites for hydroxylation is 1. The fourth-order valence-corrected chi connectivity index (χ4v) is 6.01. The Morgan fingerprint density at radius 3 is 2.34 bits per heavy atom. The maximum absolute atomic E-state index is 14.2. The third kappa shape index (κ3) is 4.36. The van der Waals surface area contributed by atoms with Gasteiger partial charge in [-0.05, 0) is 53.2 Å². The lowest BCUT2D eigenvalue weighted by molar-refractivity contribution is -0.145. The molecule has 0 aliphatic carbocycles. The first-order chi connectivity index (χ1) is 15.9. The van der Waals surface area contributed by atoms with E-state index in [1.54, 1.807) is 33.8 Å². The summed E-state index contributed by atoms with van der Waals surface area (Å²) in [6, 6.07) is 4.20. The number of nitrogens with zero attached hydrogens (tertiary/aromatic N) is 2. The summed E-state index contributed by atoms with van der Waals surface area (Å²) < 4.78 is 46.4. The van der Waals surface area contributed by atoms with Crippen LogP contribution in [0.4, 0.5) is 10.1 Å². The number of pyridine rings is 1. The summed E-state index contributed by atoms with van der Waals surface area (Å²) in [6.07, 6.45) is 0.932. The van der Waals surface area contributed by atoms with Crippen molar-refractivity contribution in [3.8, 4) is 0 Å². The van der Waals surface area contributed by atoms with Gasteiger partial charge in [-0.3, -0.25) is 9.59 Å². The highest BCUT2D eigenvalue weighted by Crippen LogP contribution is 2.51. The number of esters is 1. The number of ether oxygens (including phenoxy) is 1. The minimum absolute atomic E-state index is 0.00746. The van der Waals surface area contributed by atoms with Crippen LogP contribution in [0.25, 0.3) is 10.7 Å². The second-order valence-corrected chi connectivity index (χ2v) is 12.8. The van der Waals surface area contributed by atoms with Gasteiger partial charge in [0.1, 0.15) is 16.4 Å². The van der Waals surface area contributed by atoms with Crippen LogP contribution < -0.4 is 4.90 Å². The average Bonchev–Trinajstić information content (AvgIpc) is 2.72. The second kappa shape index (κ2) is 8.71. The van der Waals surface area contributed by atoms with Crippen molar-refractivity contribution < 1.29 is 27.1 Å². The summed E-state index contributed by atoms with van der Waals surface area (Å²) in [7, 11) is -2.79. The van der Waals surface area contributed by atoms with E-state index in [2.05, 4.69) is 4.98 Å². The Labute approximate surface area is 209 Å². The molecule has 0 atom stereocenters. The largest absolute Gasteiger partial charge is 0.422 e. The van der Waals surface area contributed by atoms with Crippen LogP contribution in [0.15, 0.2) is 24.4 Å². The van der Waals surface area contributed by atoms with E-state index >= 15 is 0 Å². The molecule has 7 nitrogen and oxygen atoms in total. The molecule has 35 heavy (non-hydrogen) atoms. The molecule has 0 unspecified atom stereocenters. The fraction of sp³-hybridized carbons (Fsp3) is 0.400. The van der Waals surface area contributed by atoms with Gasteiger partial charge in [0.05, 0.1) is 27.1 Å².